The number of anilines is 1. The van der Waals surface area contributed by atoms with Crippen molar-refractivity contribution < 1.29 is 9.53 Å². The fraction of sp³-hybridized carbons (Fsp3) is 0.389. The molecule has 0 radical (unpaired) electrons. The van der Waals surface area contributed by atoms with Crippen molar-refractivity contribution >= 4 is 23.1 Å². The maximum Gasteiger partial charge on any atom is 0.321 e. The average Bonchev–Trinajstić information content (AvgIpc) is 2.99. The summed E-state index contributed by atoms with van der Waals surface area (Å²) in [5, 5.41) is 5.08. The maximum absolute atomic E-state index is 12.5. The molecule has 1 fully saturated rings. The van der Waals surface area contributed by atoms with Gasteiger partial charge in [-0.05, 0) is 42.1 Å². The van der Waals surface area contributed by atoms with Crippen molar-refractivity contribution in [2.45, 2.75) is 13.0 Å². The monoisotopic (exact) mass is 345 g/mol. The molecule has 6 heteroatoms. The van der Waals surface area contributed by atoms with Gasteiger partial charge in [-0.25, -0.2) is 4.79 Å². The van der Waals surface area contributed by atoms with Gasteiger partial charge < -0.3 is 15.0 Å². The Morgan fingerprint density at radius 3 is 2.71 bits per heavy atom. The van der Waals surface area contributed by atoms with Gasteiger partial charge in [-0.2, -0.15) is 0 Å². The lowest BCUT2D eigenvalue weighted by Gasteiger charge is -2.22. The van der Waals surface area contributed by atoms with Gasteiger partial charge in [0.15, 0.2) is 0 Å². The third-order valence-corrected chi connectivity index (χ3v) is 5.04. The molecule has 0 saturated carbocycles. The van der Waals surface area contributed by atoms with E-state index in [1.807, 2.05) is 29.2 Å². The van der Waals surface area contributed by atoms with Crippen LogP contribution in [0.5, 0.6) is 5.75 Å². The number of benzene rings is 1. The highest BCUT2D eigenvalue weighted by molar-refractivity contribution is 7.09. The highest BCUT2D eigenvalue weighted by Crippen LogP contribution is 2.17. The van der Waals surface area contributed by atoms with Crippen molar-refractivity contribution in [2.75, 3.05) is 38.6 Å². The molecule has 24 heavy (non-hydrogen) atoms. The molecule has 3 rings (SSSR count). The molecule has 0 bridgehead atoms. The number of nitrogens with zero attached hydrogens (tertiary/aromatic N) is 2. The fourth-order valence-electron chi connectivity index (χ4n) is 2.83. The molecule has 1 N–H and O–H groups in total. The van der Waals surface area contributed by atoms with E-state index in [1.54, 1.807) is 18.4 Å². The smallest absolute Gasteiger partial charge is 0.321 e. The standard InChI is InChI=1S/C18H23N3O2S/c1-23-16-7-5-15(6-8-16)19-18(22)21-10-3-9-20(11-12-21)14-17-4-2-13-24-17/h2,4-8,13H,3,9-12,14H2,1H3,(H,19,22). The minimum Gasteiger partial charge on any atom is -0.497 e. The average molecular weight is 345 g/mol. The molecular weight excluding hydrogens is 322 g/mol. The largest absolute Gasteiger partial charge is 0.497 e. The topological polar surface area (TPSA) is 44.8 Å². The number of rotatable bonds is 4. The Hall–Kier alpha value is -2.05. The van der Waals surface area contributed by atoms with Crippen molar-refractivity contribution in [3.05, 3.63) is 46.7 Å². The minimum atomic E-state index is -0.0295. The lowest BCUT2D eigenvalue weighted by Crippen LogP contribution is -2.37. The first kappa shape index (κ1) is 16.8. The molecule has 5 nitrogen and oxygen atoms in total. The van der Waals surface area contributed by atoms with Gasteiger partial charge in [0.2, 0.25) is 0 Å². The van der Waals surface area contributed by atoms with Gasteiger partial charge in [0.25, 0.3) is 0 Å². The normalized spacial score (nSPS) is 15.8. The van der Waals surface area contributed by atoms with Gasteiger partial charge in [-0.1, -0.05) is 6.07 Å². The van der Waals surface area contributed by atoms with Crippen LogP contribution < -0.4 is 10.1 Å². The zero-order valence-corrected chi connectivity index (χ0v) is 14.7. The Balaban J connectivity index is 1.51. The molecule has 1 aromatic carbocycles. The molecule has 1 aliphatic heterocycles. The molecular formula is C18H23N3O2S. The van der Waals surface area contributed by atoms with E-state index >= 15 is 0 Å². The van der Waals surface area contributed by atoms with E-state index in [0.29, 0.717) is 0 Å². The highest BCUT2D eigenvalue weighted by Gasteiger charge is 2.19. The van der Waals surface area contributed by atoms with Crippen molar-refractivity contribution in [1.29, 1.82) is 0 Å². The molecule has 0 atom stereocenters. The molecule has 0 spiro atoms. The first-order chi connectivity index (χ1) is 11.7. The Morgan fingerprint density at radius 1 is 1.17 bits per heavy atom. The van der Waals surface area contributed by atoms with Crippen LogP contribution in [0.1, 0.15) is 11.3 Å². The van der Waals surface area contributed by atoms with Crippen LogP contribution in [0.15, 0.2) is 41.8 Å². The number of hydrogen-bond donors (Lipinski definition) is 1. The summed E-state index contributed by atoms with van der Waals surface area (Å²) in [5.41, 5.74) is 0.792. The molecule has 0 unspecified atom stereocenters. The summed E-state index contributed by atoms with van der Waals surface area (Å²) in [7, 11) is 1.63. The summed E-state index contributed by atoms with van der Waals surface area (Å²) in [6.45, 7) is 4.47. The maximum atomic E-state index is 12.5. The van der Waals surface area contributed by atoms with Gasteiger partial charge in [0.05, 0.1) is 7.11 Å². The quantitative estimate of drug-likeness (QED) is 0.922. The van der Waals surface area contributed by atoms with Gasteiger partial charge in [0.1, 0.15) is 5.75 Å². The van der Waals surface area contributed by atoms with E-state index in [9.17, 15) is 4.79 Å². The SMILES string of the molecule is COc1ccc(NC(=O)N2CCCN(Cc3cccs3)CC2)cc1. The van der Waals surface area contributed by atoms with Crippen molar-refractivity contribution in [2.24, 2.45) is 0 Å². The minimum absolute atomic E-state index is 0.0295. The Morgan fingerprint density at radius 2 is 2.00 bits per heavy atom. The molecule has 2 amide bonds. The number of carbonyl (C=O) groups excluding carboxylic acids is 1. The van der Waals surface area contributed by atoms with Gasteiger partial charge in [0, 0.05) is 43.3 Å². The van der Waals surface area contributed by atoms with E-state index in [4.69, 9.17) is 4.74 Å². The molecule has 0 aliphatic carbocycles. The number of methoxy groups -OCH3 is 1. The summed E-state index contributed by atoms with van der Waals surface area (Å²) >= 11 is 1.79. The van der Waals surface area contributed by atoms with Crippen LogP contribution in [0.4, 0.5) is 10.5 Å². The lowest BCUT2D eigenvalue weighted by molar-refractivity contribution is 0.211. The molecule has 2 aromatic rings. The van der Waals surface area contributed by atoms with Crippen molar-refractivity contribution in [3.63, 3.8) is 0 Å². The van der Waals surface area contributed by atoms with Crippen LogP contribution in [0.3, 0.4) is 0 Å². The molecule has 128 valence electrons. The number of carbonyl (C=O) groups is 1. The van der Waals surface area contributed by atoms with E-state index in [1.165, 1.54) is 4.88 Å². The van der Waals surface area contributed by atoms with E-state index in [-0.39, 0.29) is 6.03 Å². The van der Waals surface area contributed by atoms with Crippen LogP contribution in [0.2, 0.25) is 0 Å². The number of ether oxygens (including phenoxy) is 1. The highest BCUT2D eigenvalue weighted by atomic mass is 32.1. The van der Waals surface area contributed by atoms with Gasteiger partial charge in [-0.3, -0.25) is 4.90 Å². The third-order valence-electron chi connectivity index (χ3n) is 4.18. The fourth-order valence-corrected chi connectivity index (χ4v) is 3.58. The van der Waals surface area contributed by atoms with Gasteiger partial charge in [-0.15, -0.1) is 11.3 Å². The van der Waals surface area contributed by atoms with Crippen LogP contribution in [-0.2, 0) is 6.54 Å². The van der Waals surface area contributed by atoms with Crippen LogP contribution >= 0.6 is 11.3 Å². The third kappa shape index (κ3) is 4.49. The predicted molar refractivity (Wildman–Crippen MR) is 97.8 cm³/mol. The summed E-state index contributed by atoms with van der Waals surface area (Å²) in [5.74, 6) is 0.784. The molecule has 2 heterocycles. The Labute approximate surface area is 146 Å². The number of urea groups is 1. The van der Waals surface area contributed by atoms with E-state index in [0.717, 1.165) is 50.6 Å². The van der Waals surface area contributed by atoms with Crippen LogP contribution in [0.25, 0.3) is 0 Å². The Kier molecular flexibility index (Phi) is 5.72. The lowest BCUT2D eigenvalue weighted by atomic mass is 10.3. The van der Waals surface area contributed by atoms with Crippen molar-refractivity contribution in [3.8, 4) is 5.75 Å². The van der Waals surface area contributed by atoms with E-state index < -0.39 is 0 Å². The number of hydrogen-bond acceptors (Lipinski definition) is 4. The molecule has 1 saturated heterocycles. The molecule has 1 aromatic heterocycles. The second kappa shape index (κ2) is 8.17. The number of amides is 2. The Bertz CT molecular complexity index is 643. The second-order valence-corrected chi connectivity index (χ2v) is 6.89. The second-order valence-electron chi connectivity index (χ2n) is 5.85. The summed E-state index contributed by atoms with van der Waals surface area (Å²) in [4.78, 5) is 18.2. The molecule has 1 aliphatic rings. The first-order valence-corrected chi connectivity index (χ1v) is 9.07. The summed E-state index contributed by atoms with van der Waals surface area (Å²) < 4.78 is 5.13. The summed E-state index contributed by atoms with van der Waals surface area (Å²) in [6.07, 6.45) is 1.00. The number of nitrogens with one attached hydrogen (secondary N) is 1. The zero-order valence-electron chi connectivity index (χ0n) is 13.9. The van der Waals surface area contributed by atoms with Crippen LogP contribution in [0, 0.1) is 0 Å². The van der Waals surface area contributed by atoms with Crippen molar-refractivity contribution in [1.82, 2.24) is 9.80 Å². The van der Waals surface area contributed by atoms with Gasteiger partial charge >= 0.3 is 6.03 Å². The zero-order chi connectivity index (χ0) is 16.8. The summed E-state index contributed by atoms with van der Waals surface area (Å²) in [6, 6.07) is 11.6. The van der Waals surface area contributed by atoms with Crippen LogP contribution in [-0.4, -0.2) is 49.1 Å². The first-order valence-electron chi connectivity index (χ1n) is 8.19. The predicted octanol–water partition coefficient (Wildman–Crippen LogP) is 3.50. The van der Waals surface area contributed by atoms with E-state index in [2.05, 4.69) is 27.7 Å². The number of thiophene rings is 1.